The largest absolute Gasteiger partial charge is 0.507 e. The minimum atomic E-state index is -0.854. The third-order valence-corrected chi connectivity index (χ3v) is 6.55. The second kappa shape index (κ2) is 7.34. The minimum absolute atomic E-state index is 0.0121. The summed E-state index contributed by atoms with van der Waals surface area (Å²) in [6.45, 7) is 1.62. The number of phenols is 3. The molecule has 1 aromatic heterocycles. The average molecular weight is 496 g/mol. The van der Waals surface area contributed by atoms with Crippen LogP contribution in [0, 0.1) is 17.4 Å². The van der Waals surface area contributed by atoms with E-state index in [2.05, 4.69) is 0 Å². The number of phenolic OH excluding ortho intramolecular Hbond substituents is 3. The van der Waals surface area contributed by atoms with E-state index in [0.29, 0.717) is 5.56 Å². The van der Waals surface area contributed by atoms with Crippen LogP contribution in [0.3, 0.4) is 0 Å². The van der Waals surface area contributed by atoms with Gasteiger partial charge in [-0.15, -0.1) is 0 Å². The Morgan fingerprint density at radius 1 is 0.649 bits per heavy atom. The first-order valence-corrected chi connectivity index (χ1v) is 11.0. The van der Waals surface area contributed by atoms with Gasteiger partial charge in [0.2, 0.25) is 5.78 Å². The first kappa shape index (κ1) is 22.2. The maximum Gasteiger partial charge on any atom is 0.201 e. The van der Waals surface area contributed by atoms with Gasteiger partial charge in [-0.1, -0.05) is 6.07 Å². The molecular weight excluding hydrogens is 480 g/mol. The zero-order valence-electron chi connectivity index (χ0n) is 19.0. The highest BCUT2D eigenvalue weighted by molar-refractivity contribution is 6.17. The number of rotatable bonds is 0. The summed E-state index contributed by atoms with van der Waals surface area (Å²) in [6, 6.07) is 10.1. The summed E-state index contributed by atoms with van der Waals surface area (Å²) in [5.74, 6) is -3.85. The van der Waals surface area contributed by atoms with E-state index in [0.717, 1.165) is 12.1 Å². The molecule has 182 valence electrons. The molecule has 5 N–H and O–H groups in total. The fourth-order valence-electron chi connectivity index (χ4n) is 5.03. The number of carbonyl (C=O) groups is 1. The number of ketones is 1. The second-order valence-corrected chi connectivity index (χ2v) is 8.82. The zero-order chi connectivity index (χ0) is 26.3. The fraction of sp³-hybridized carbons (Fsp3) is 0.0357. The summed E-state index contributed by atoms with van der Waals surface area (Å²) >= 11 is 0. The van der Waals surface area contributed by atoms with Gasteiger partial charge in [-0.3, -0.25) is 14.4 Å². The number of hydrogen-bond donors (Lipinski definition) is 5. The van der Waals surface area contributed by atoms with Crippen molar-refractivity contribution in [1.82, 2.24) is 0 Å². The molecule has 4 aromatic carbocycles. The lowest BCUT2D eigenvalue weighted by atomic mass is 9.86. The Morgan fingerprint density at radius 3 is 2.11 bits per heavy atom. The summed E-state index contributed by atoms with van der Waals surface area (Å²) in [5.41, 5.74) is -1.56. The molecule has 1 aliphatic rings. The van der Waals surface area contributed by atoms with Gasteiger partial charge in [0.05, 0.1) is 16.5 Å². The van der Waals surface area contributed by atoms with Crippen LogP contribution in [0.1, 0.15) is 27.0 Å². The molecule has 0 atom stereocenters. The lowest BCUT2D eigenvalue weighted by Gasteiger charge is -2.19. The monoisotopic (exact) mass is 496 g/mol. The van der Waals surface area contributed by atoms with Crippen molar-refractivity contribution in [3.05, 3.63) is 107 Å². The highest BCUT2D eigenvalue weighted by Crippen LogP contribution is 2.37. The summed E-state index contributed by atoms with van der Waals surface area (Å²) < 4.78 is 5.77. The molecule has 0 saturated carbocycles. The Kier molecular flexibility index (Phi) is 4.40. The molecule has 0 unspecified atom stereocenters. The smallest absolute Gasteiger partial charge is 0.201 e. The van der Waals surface area contributed by atoms with Gasteiger partial charge in [0.25, 0.3) is 0 Å². The number of fused-ring (bicyclic) bond motifs is 4. The van der Waals surface area contributed by atoms with Crippen LogP contribution in [-0.2, 0) is 0 Å². The van der Waals surface area contributed by atoms with Gasteiger partial charge in [0.1, 0.15) is 45.3 Å². The van der Waals surface area contributed by atoms with Crippen LogP contribution in [0.15, 0.2) is 62.5 Å². The van der Waals surface area contributed by atoms with E-state index < -0.39 is 51.0 Å². The Balaban J connectivity index is 2.03. The van der Waals surface area contributed by atoms with Gasteiger partial charge < -0.3 is 29.9 Å². The Hall–Kier alpha value is -5.31. The standard InChI is InChI=1S/C28H16O9/c1-10-7-11-19(14(31)8-10)27(35)23-16(33)9-15(32)22(25(23)26(11)34)21-13(30)5-6-18-24(21)28(36)20-12(29)3-2-4-17(20)37-18/h2-9,31-34,36H,1H3. The summed E-state index contributed by atoms with van der Waals surface area (Å²) in [5, 5.41) is 52.9. The zero-order valence-corrected chi connectivity index (χ0v) is 19.0. The van der Waals surface area contributed by atoms with Crippen molar-refractivity contribution in [3.63, 3.8) is 0 Å². The molecule has 0 spiro atoms. The Labute approximate surface area is 205 Å². The van der Waals surface area contributed by atoms with E-state index in [-0.39, 0.29) is 48.7 Å². The van der Waals surface area contributed by atoms with Crippen LogP contribution in [0.25, 0.3) is 27.7 Å². The molecule has 0 amide bonds. The first-order valence-electron chi connectivity index (χ1n) is 11.0. The molecule has 0 radical (unpaired) electrons. The van der Waals surface area contributed by atoms with Crippen molar-refractivity contribution < 1.29 is 34.7 Å². The van der Waals surface area contributed by atoms with E-state index in [9.17, 15) is 39.9 Å². The quantitative estimate of drug-likeness (QED) is 0.203. The lowest BCUT2D eigenvalue weighted by Crippen LogP contribution is -2.28. The number of hydrogen-bond acceptors (Lipinski definition) is 9. The van der Waals surface area contributed by atoms with Crippen LogP contribution in [-0.4, -0.2) is 31.3 Å². The lowest BCUT2D eigenvalue weighted by molar-refractivity contribution is 0.103. The third-order valence-electron chi connectivity index (χ3n) is 6.55. The number of aromatic hydroxyl groups is 4. The van der Waals surface area contributed by atoms with Crippen LogP contribution in [0.4, 0.5) is 0 Å². The molecule has 0 saturated heterocycles. The Morgan fingerprint density at radius 2 is 1.35 bits per heavy atom. The fourth-order valence-corrected chi connectivity index (χ4v) is 5.03. The Bertz CT molecular complexity index is 2160. The average Bonchev–Trinajstić information content (AvgIpc) is 2.82. The third kappa shape index (κ3) is 2.88. The van der Waals surface area contributed by atoms with Gasteiger partial charge in [-0.25, -0.2) is 0 Å². The van der Waals surface area contributed by atoms with Crippen molar-refractivity contribution in [1.29, 1.82) is 0 Å². The van der Waals surface area contributed by atoms with Gasteiger partial charge >= 0.3 is 0 Å². The maximum atomic E-state index is 13.4. The van der Waals surface area contributed by atoms with Crippen LogP contribution < -0.4 is 16.1 Å². The summed E-state index contributed by atoms with van der Waals surface area (Å²) in [7, 11) is 0. The highest BCUT2D eigenvalue weighted by atomic mass is 16.3. The van der Waals surface area contributed by atoms with E-state index in [4.69, 9.17) is 4.42 Å². The first-order chi connectivity index (χ1) is 17.6. The number of aryl methyl sites for hydroxylation is 1. The van der Waals surface area contributed by atoms with Gasteiger partial charge in [-0.05, 0) is 48.9 Å². The van der Waals surface area contributed by atoms with Gasteiger partial charge in [0, 0.05) is 27.3 Å². The molecular formula is C28H16O9. The van der Waals surface area contributed by atoms with Crippen molar-refractivity contribution in [2.75, 3.05) is 0 Å². The number of benzene rings is 4. The van der Waals surface area contributed by atoms with Crippen LogP contribution in [0.5, 0.6) is 23.0 Å². The number of carbonyl (C=O) groups excluding carboxylic acids is 1. The summed E-state index contributed by atoms with van der Waals surface area (Å²) in [6.07, 6.45) is 0. The van der Waals surface area contributed by atoms with Crippen LogP contribution >= 0.6 is 0 Å². The highest BCUT2D eigenvalue weighted by Gasteiger charge is 2.31. The predicted molar refractivity (Wildman–Crippen MR) is 132 cm³/mol. The van der Waals surface area contributed by atoms with Crippen LogP contribution in [0.2, 0.25) is 0 Å². The molecule has 5 aromatic rings. The second-order valence-electron chi connectivity index (χ2n) is 8.82. The number of aliphatic hydroxyl groups excluding tert-OH is 1. The molecule has 1 aliphatic carbocycles. The molecule has 0 aliphatic heterocycles. The van der Waals surface area contributed by atoms with Crippen molar-refractivity contribution in [2.45, 2.75) is 6.92 Å². The molecule has 0 bridgehead atoms. The van der Waals surface area contributed by atoms with E-state index in [1.54, 1.807) is 6.92 Å². The summed E-state index contributed by atoms with van der Waals surface area (Å²) in [4.78, 5) is 39.2. The topological polar surface area (TPSA) is 166 Å². The molecule has 9 heteroatoms. The molecule has 37 heavy (non-hydrogen) atoms. The molecule has 0 fully saturated rings. The van der Waals surface area contributed by atoms with E-state index in [1.165, 1.54) is 36.4 Å². The maximum absolute atomic E-state index is 13.4. The number of aliphatic hydroxyl groups is 1. The van der Waals surface area contributed by atoms with Crippen molar-refractivity contribution >= 4 is 33.5 Å². The van der Waals surface area contributed by atoms with Gasteiger partial charge in [0.15, 0.2) is 10.9 Å². The minimum Gasteiger partial charge on any atom is -0.507 e. The molecule has 6 rings (SSSR count). The normalized spacial score (nSPS) is 13.6. The van der Waals surface area contributed by atoms with Crippen molar-refractivity contribution in [3.8, 4) is 23.0 Å². The van der Waals surface area contributed by atoms with Gasteiger partial charge in [-0.2, -0.15) is 0 Å². The molecule has 9 nitrogen and oxygen atoms in total. The van der Waals surface area contributed by atoms with E-state index in [1.807, 2.05) is 0 Å². The molecule has 1 heterocycles. The predicted octanol–water partition coefficient (Wildman–Crippen LogP) is 2.70. The SMILES string of the molecule is Cc1cc(O)c2c(c1)C(O)=c1c(c(O)cc(O)c1=c1c(=O)ccc3oc4cccc(=O)c4c(O)c13)C2=O. The van der Waals surface area contributed by atoms with Crippen molar-refractivity contribution in [2.24, 2.45) is 0 Å². The van der Waals surface area contributed by atoms with E-state index >= 15 is 0 Å².